The number of carbonyl (C=O) groups is 1. The quantitative estimate of drug-likeness (QED) is 0.277. The van der Waals surface area contributed by atoms with Crippen LogP contribution in [0.4, 0.5) is 8.78 Å². The molecule has 3 N–H and O–H groups in total. The zero-order valence-electron chi connectivity index (χ0n) is 22.4. The van der Waals surface area contributed by atoms with Crippen molar-refractivity contribution in [1.82, 2.24) is 24.9 Å². The number of rotatable bonds is 8. The van der Waals surface area contributed by atoms with Crippen LogP contribution >= 0.6 is 11.3 Å². The molecule has 6 rings (SSSR count). The lowest BCUT2D eigenvalue weighted by Gasteiger charge is -2.28. The molecule has 1 unspecified atom stereocenters. The molecule has 11 heteroatoms. The van der Waals surface area contributed by atoms with Gasteiger partial charge in [0.1, 0.15) is 23.3 Å². The number of amides is 1. The molecule has 0 spiro atoms. The summed E-state index contributed by atoms with van der Waals surface area (Å²) < 4.78 is 36.8. The van der Waals surface area contributed by atoms with Gasteiger partial charge in [-0.1, -0.05) is 17.4 Å². The Bertz CT molecular complexity index is 1540. The largest absolute Gasteiger partial charge is 0.496 e. The number of fused-ring (bicyclic) bond motifs is 3. The first-order valence-corrected chi connectivity index (χ1v) is 14.5. The summed E-state index contributed by atoms with van der Waals surface area (Å²) in [4.78, 5) is 20.6. The second-order valence-corrected chi connectivity index (χ2v) is 11.7. The van der Waals surface area contributed by atoms with Crippen LogP contribution in [0.1, 0.15) is 41.6 Å². The fourth-order valence-electron chi connectivity index (χ4n) is 5.66. The van der Waals surface area contributed by atoms with E-state index in [-0.39, 0.29) is 5.91 Å². The van der Waals surface area contributed by atoms with Gasteiger partial charge in [-0.05, 0) is 62.5 Å². The van der Waals surface area contributed by atoms with Crippen LogP contribution in [0.3, 0.4) is 0 Å². The fraction of sp³-hybridized carbons (Fsp3) is 0.448. The van der Waals surface area contributed by atoms with Crippen molar-refractivity contribution in [2.75, 3.05) is 46.4 Å². The van der Waals surface area contributed by atoms with Gasteiger partial charge in [0.05, 0.1) is 28.6 Å². The number of ether oxygens (including phenoxy) is 1. The van der Waals surface area contributed by atoms with Crippen LogP contribution in [0.5, 0.6) is 5.75 Å². The first-order valence-electron chi connectivity index (χ1n) is 13.7. The maximum atomic E-state index is 15.2. The predicted molar refractivity (Wildman–Crippen MR) is 151 cm³/mol. The molecule has 2 fully saturated rings. The van der Waals surface area contributed by atoms with Crippen LogP contribution in [-0.2, 0) is 5.60 Å². The highest BCUT2D eigenvalue weighted by Gasteiger charge is 2.33. The highest BCUT2D eigenvalue weighted by atomic mass is 32.1. The minimum atomic E-state index is -1.06. The maximum Gasteiger partial charge on any atom is 0.255 e. The molecule has 0 bridgehead atoms. The molecule has 2 aromatic heterocycles. The van der Waals surface area contributed by atoms with E-state index in [0.717, 1.165) is 36.3 Å². The zero-order chi connectivity index (χ0) is 27.9. The molecule has 1 atom stereocenters. The monoisotopic (exact) mass is 569 g/mol. The number of halogens is 2. The van der Waals surface area contributed by atoms with E-state index in [4.69, 9.17) is 4.74 Å². The van der Waals surface area contributed by atoms with Crippen LogP contribution in [0.2, 0.25) is 0 Å². The molecule has 212 valence electrons. The Labute approximate surface area is 235 Å². The Morgan fingerprint density at radius 2 is 2.12 bits per heavy atom. The van der Waals surface area contributed by atoms with E-state index in [1.165, 1.54) is 24.5 Å². The number of β-amino-alcohol motifs (C(OH)–C–C–N with tert-alkyl or cyclic N) is 1. The summed E-state index contributed by atoms with van der Waals surface area (Å²) in [5.74, 6) is -0.204. The molecule has 4 heterocycles. The van der Waals surface area contributed by atoms with E-state index in [9.17, 15) is 14.3 Å². The van der Waals surface area contributed by atoms with E-state index in [1.807, 2.05) is 10.5 Å². The van der Waals surface area contributed by atoms with E-state index >= 15 is 4.39 Å². The number of alkyl halides is 1. The van der Waals surface area contributed by atoms with Gasteiger partial charge in [0.2, 0.25) is 0 Å². The summed E-state index contributed by atoms with van der Waals surface area (Å²) >= 11 is 1.41. The van der Waals surface area contributed by atoms with E-state index in [0.29, 0.717) is 72.0 Å². The maximum absolute atomic E-state index is 15.2. The number of nitrogens with one attached hydrogen (secondary N) is 2. The SMILES string of the molecule is COc1cc2c(cc1C(=O)NCCCN1CCC(F)CC1)sc1nc(-c3ccc(C4(O)CCNC4)cc3F)cn12. The first kappa shape index (κ1) is 27.1. The van der Waals surface area contributed by atoms with Crippen LogP contribution in [-0.4, -0.2) is 77.8 Å². The second-order valence-electron chi connectivity index (χ2n) is 10.7. The number of aliphatic hydroxyl groups is 1. The molecule has 2 aliphatic heterocycles. The number of piperidine rings is 1. The molecule has 0 aliphatic carbocycles. The number of imidazole rings is 1. The smallest absolute Gasteiger partial charge is 0.255 e. The van der Waals surface area contributed by atoms with E-state index in [2.05, 4.69) is 20.5 Å². The normalized spacial score (nSPS) is 20.5. The van der Waals surface area contributed by atoms with Crippen molar-refractivity contribution in [1.29, 1.82) is 0 Å². The molecular weight excluding hydrogens is 536 g/mol. The van der Waals surface area contributed by atoms with Gasteiger partial charge in [0, 0.05) is 44.0 Å². The van der Waals surface area contributed by atoms with Crippen LogP contribution < -0.4 is 15.4 Å². The highest BCUT2D eigenvalue weighted by molar-refractivity contribution is 7.23. The third kappa shape index (κ3) is 5.18. The molecule has 4 aromatic rings. The summed E-state index contributed by atoms with van der Waals surface area (Å²) in [6.07, 6.45) is 3.59. The topological polar surface area (TPSA) is 91.1 Å². The Morgan fingerprint density at radius 1 is 1.30 bits per heavy atom. The number of nitrogens with zero attached hydrogens (tertiary/aromatic N) is 3. The van der Waals surface area contributed by atoms with Gasteiger partial charge in [0.25, 0.3) is 5.91 Å². The van der Waals surface area contributed by atoms with E-state index in [1.54, 1.807) is 24.4 Å². The minimum absolute atomic E-state index is 0.214. The Kier molecular flexibility index (Phi) is 7.47. The molecule has 0 radical (unpaired) electrons. The van der Waals surface area contributed by atoms with Gasteiger partial charge in [-0.25, -0.2) is 13.8 Å². The van der Waals surface area contributed by atoms with Crippen LogP contribution in [0, 0.1) is 5.82 Å². The number of hydrogen-bond donors (Lipinski definition) is 3. The number of aromatic nitrogens is 2. The van der Waals surface area contributed by atoms with Crippen LogP contribution in [0.25, 0.3) is 26.4 Å². The van der Waals surface area contributed by atoms with Crippen molar-refractivity contribution in [2.24, 2.45) is 0 Å². The molecule has 0 saturated carbocycles. The third-order valence-corrected chi connectivity index (χ3v) is 9.05. The number of hydrogen-bond acceptors (Lipinski definition) is 7. The number of methoxy groups -OCH3 is 1. The lowest BCUT2D eigenvalue weighted by molar-refractivity contribution is 0.0584. The summed E-state index contributed by atoms with van der Waals surface area (Å²) in [5.41, 5.74) is 1.61. The Morgan fingerprint density at radius 3 is 2.85 bits per heavy atom. The summed E-state index contributed by atoms with van der Waals surface area (Å²) in [6.45, 7) is 3.97. The van der Waals surface area contributed by atoms with Gasteiger partial charge < -0.3 is 25.4 Å². The number of likely N-dealkylation sites (tertiary alicyclic amines) is 1. The average Bonchev–Trinajstić information content (AvgIpc) is 3.66. The second kappa shape index (κ2) is 11.0. The number of thiazole rings is 1. The first-order chi connectivity index (χ1) is 19.3. The van der Waals surface area contributed by atoms with Crippen molar-refractivity contribution in [3.05, 3.63) is 53.5 Å². The van der Waals surface area contributed by atoms with Gasteiger partial charge >= 0.3 is 0 Å². The molecule has 8 nitrogen and oxygen atoms in total. The minimum Gasteiger partial charge on any atom is -0.496 e. The summed E-state index contributed by atoms with van der Waals surface area (Å²) in [7, 11) is 1.53. The van der Waals surface area contributed by atoms with Gasteiger partial charge in [0.15, 0.2) is 4.96 Å². The van der Waals surface area contributed by atoms with Crippen molar-refractivity contribution >= 4 is 32.4 Å². The summed E-state index contributed by atoms with van der Waals surface area (Å²) in [5, 5.41) is 16.9. The molecular formula is C29H33F2N5O3S. The lowest BCUT2D eigenvalue weighted by Crippen LogP contribution is -2.36. The van der Waals surface area contributed by atoms with Crippen LogP contribution in [0.15, 0.2) is 36.5 Å². The molecule has 2 aromatic carbocycles. The molecule has 40 heavy (non-hydrogen) atoms. The molecule has 2 saturated heterocycles. The Hall–Kier alpha value is -3.12. The third-order valence-electron chi connectivity index (χ3n) is 8.03. The number of benzene rings is 2. The fourth-order valence-corrected chi connectivity index (χ4v) is 6.69. The molecule has 1 amide bonds. The van der Waals surface area contributed by atoms with Gasteiger partial charge in [-0.3, -0.25) is 9.20 Å². The van der Waals surface area contributed by atoms with Crippen molar-refractivity contribution in [3.63, 3.8) is 0 Å². The molecule has 2 aliphatic rings. The van der Waals surface area contributed by atoms with E-state index < -0.39 is 17.6 Å². The zero-order valence-corrected chi connectivity index (χ0v) is 23.2. The van der Waals surface area contributed by atoms with Gasteiger partial charge in [-0.15, -0.1) is 0 Å². The average molecular weight is 570 g/mol. The standard InChI is InChI=1S/C29H33F2N5O3S/c1-39-25-15-24-26(14-21(25)27(37)33-8-2-10-35-11-5-19(30)6-12-35)40-28-34-23(16-36(24)28)20-4-3-18(13-22(20)31)29(38)7-9-32-17-29/h3-4,13-16,19,32,38H,2,5-12,17H2,1H3,(H,33,37). The summed E-state index contributed by atoms with van der Waals surface area (Å²) in [6, 6.07) is 8.44. The lowest BCUT2D eigenvalue weighted by atomic mass is 9.92. The van der Waals surface area contributed by atoms with Crippen molar-refractivity contribution in [3.8, 4) is 17.0 Å². The van der Waals surface area contributed by atoms with Crippen molar-refractivity contribution in [2.45, 2.75) is 37.5 Å². The number of carbonyl (C=O) groups excluding carboxylic acids is 1. The highest BCUT2D eigenvalue weighted by Crippen LogP contribution is 2.36. The predicted octanol–water partition coefficient (Wildman–Crippen LogP) is 4.10. The van der Waals surface area contributed by atoms with Gasteiger partial charge in [-0.2, -0.15) is 0 Å². The van der Waals surface area contributed by atoms with Crippen molar-refractivity contribution < 1.29 is 23.4 Å². The Balaban J connectivity index is 1.18.